The third-order valence-corrected chi connectivity index (χ3v) is 1.97. The van der Waals surface area contributed by atoms with Crippen molar-refractivity contribution in [2.75, 3.05) is 0 Å². The van der Waals surface area contributed by atoms with E-state index in [9.17, 15) is 18.4 Å². The van der Waals surface area contributed by atoms with Crippen molar-refractivity contribution in [1.82, 2.24) is 0 Å². The zero-order chi connectivity index (χ0) is 11.4. The predicted octanol–water partition coefficient (Wildman–Crippen LogP) is 2.57. The minimum absolute atomic E-state index is 0.0303. The maximum Gasteiger partial charge on any atom is 0.264 e. The lowest BCUT2D eigenvalue weighted by atomic mass is 10.0. The van der Waals surface area contributed by atoms with Gasteiger partial charge in [-0.1, -0.05) is 12.1 Å². The van der Waals surface area contributed by atoms with Gasteiger partial charge in [-0.25, -0.2) is 8.78 Å². The molecule has 1 aromatic rings. The summed E-state index contributed by atoms with van der Waals surface area (Å²) in [6, 6.07) is 4.03. The molecule has 0 aliphatic rings. The zero-order valence-electron chi connectivity index (χ0n) is 8.17. The molecule has 2 nitrogen and oxygen atoms in total. The standard InChI is InChI=1S/C11H10F2O2/c1-7(15)4-8-2-3-9(6-14)10(5-8)11(12)13/h2-3,5-6,11H,4H2,1H3. The first-order chi connectivity index (χ1) is 7.04. The third-order valence-electron chi connectivity index (χ3n) is 1.97. The van der Waals surface area contributed by atoms with Crippen LogP contribution in [0.3, 0.4) is 0 Å². The van der Waals surface area contributed by atoms with Crippen LogP contribution in [-0.2, 0) is 11.2 Å². The summed E-state index contributed by atoms with van der Waals surface area (Å²) in [5.41, 5.74) is 0.157. The summed E-state index contributed by atoms with van der Waals surface area (Å²) < 4.78 is 25.0. The van der Waals surface area contributed by atoms with Crippen LogP contribution >= 0.6 is 0 Å². The van der Waals surface area contributed by atoms with Gasteiger partial charge in [0.1, 0.15) is 5.78 Å². The molecule has 0 spiro atoms. The third kappa shape index (κ3) is 2.94. The Labute approximate surface area is 85.9 Å². The first kappa shape index (κ1) is 11.5. The van der Waals surface area contributed by atoms with Gasteiger partial charge >= 0.3 is 0 Å². The predicted molar refractivity (Wildman–Crippen MR) is 51.2 cm³/mol. The fraction of sp³-hybridized carbons (Fsp3) is 0.273. The highest BCUT2D eigenvalue weighted by atomic mass is 19.3. The molecule has 1 aromatic carbocycles. The number of Topliss-reactive ketones (excluding diaryl/α,β-unsaturated/α-hetero) is 1. The Kier molecular flexibility index (Phi) is 3.66. The summed E-state index contributed by atoms with van der Waals surface area (Å²) in [7, 11) is 0. The van der Waals surface area contributed by atoms with Crippen molar-refractivity contribution in [3.63, 3.8) is 0 Å². The van der Waals surface area contributed by atoms with Gasteiger partial charge in [0.05, 0.1) is 0 Å². The van der Waals surface area contributed by atoms with Gasteiger partial charge in [0.15, 0.2) is 6.29 Å². The molecular formula is C11H10F2O2. The van der Waals surface area contributed by atoms with Crippen LogP contribution in [0.2, 0.25) is 0 Å². The Morgan fingerprint density at radius 3 is 2.60 bits per heavy atom. The largest absolute Gasteiger partial charge is 0.300 e. The highest BCUT2D eigenvalue weighted by molar-refractivity contribution is 5.80. The molecule has 0 heterocycles. The maximum absolute atomic E-state index is 12.5. The number of alkyl halides is 2. The SMILES string of the molecule is CC(=O)Cc1ccc(C=O)c(C(F)F)c1. The Balaban J connectivity index is 3.10. The van der Waals surface area contributed by atoms with E-state index >= 15 is 0 Å². The van der Waals surface area contributed by atoms with Crippen LogP contribution in [0.5, 0.6) is 0 Å². The van der Waals surface area contributed by atoms with E-state index < -0.39 is 6.43 Å². The number of benzene rings is 1. The molecule has 0 atom stereocenters. The van der Waals surface area contributed by atoms with Crippen LogP contribution in [0.4, 0.5) is 8.78 Å². The van der Waals surface area contributed by atoms with Gasteiger partial charge in [0.2, 0.25) is 0 Å². The number of halogens is 2. The van der Waals surface area contributed by atoms with Crippen LogP contribution in [0, 0.1) is 0 Å². The maximum atomic E-state index is 12.5. The van der Waals surface area contributed by atoms with Crippen molar-refractivity contribution in [2.24, 2.45) is 0 Å². The summed E-state index contributed by atoms with van der Waals surface area (Å²) in [6.45, 7) is 1.38. The highest BCUT2D eigenvalue weighted by Crippen LogP contribution is 2.23. The van der Waals surface area contributed by atoms with Gasteiger partial charge < -0.3 is 0 Å². The van der Waals surface area contributed by atoms with E-state index in [-0.39, 0.29) is 23.3 Å². The molecule has 0 saturated heterocycles. The van der Waals surface area contributed by atoms with E-state index in [2.05, 4.69) is 0 Å². The molecule has 0 amide bonds. The van der Waals surface area contributed by atoms with E-state index in [0.717, 1.165) is 0 Å². The van der Waals surface area contributed by atoms with Crippen molar-refractivity contribution in [2.45, 2.75) is 19.8 Å². The first-order valence-electron chi connectivity index (χ1n) is 4.40. The van der Waals surface area contributed by atoms with Gasteiger partial charge in [-0.05, 0) is 18.6 Å². The smallest absolute Gasteiger partial charge is 0.264 e. The second kappa shape index (κ2) is 4.77. The average Bonchev–Trinajstić information content (AvgIpc) is 2.16. The number of carbonyl (C=O) groups excluding carboxylic acids is 2. The molecule has 0 saturated carbocycles. The first-order valence-corrected chi connectivity index (χ1v) is 4.40. The summed E-state index contributed by atoms with van der Waals surface area (Å²) in [6.07, 6.45) is -2.20. The topological polar surface area (TPSA) is 34.1 Å². The van der Waals surface area contributed by atoms with Crippen LogP contribution in [0.15, 0.2) is 18.2 Å². The Hall–Kier alpha value is -1.58. The molecule has 0 aromatic heterocycles. The molecule has 80 valence electrons. The fourth-order valence-corrected chi connectivity index (χ4v) is 1.32. The Bertz CT molecular complexity index is 386. The van der Waals surface area contributed by atoms with E-state index in [1.165, 1.54) is 25.1 Å². The van der Waals surface area contributed by atoms with Crippen LogP contribution in [-0.4, -0.2) is 12.1 Å². The van der Waals surface area contributed by atoms with Crippen LogP contribution in [0.25, 0.3) is 0 Å². The lowest BCUT2D eigenvalue weighted by Gasteiger charge is -2.05. The van der Waals surface area contributed by atoms with Gasteiger partial charge in [-0.2, -0.15) is 0 Å². The van der Waals surface area contributed by atoms with Crippen LogP contribution in [0.1, 0.15) is 34.8 Å². The Morgan fingerprint density at radius 2 is 2.13 bits per heavy atom. The fourth-order valence-electron chi connectivity index (χ4n) is 1.32. The lowest BCUT2D eigenvalue weighted by Crippen LogP contribution is -2.00. The van der Waals surface area contributed by atoms with Crippen molar-refractivity contribution in [3.8, 4) is 0 Å². The second-order valence-electron chi connectivity index (χ2n) is 3.26. The molecular weight excluding hydrogens is 202 g/mol. The number of hydrogen-bond donors (Lipinski definition) is 0. The molecule has 0 aliphatic heterocycles. The molecule has 0 aliphatic carbocycles. The van der Waals surface area contributed by atoms with E-state index in [0.29, 0.717) is 11.8 Å². The van der Waals surface area contributed by atoms with E-state index in [4.69, 9.17) is 0 Å². The second-order valence-corrected chi connectivity index (χ2v) is 3.26. The summed E-state index contributed by atoms with van der Waals surface area (Å²) in [4.78, 5) is 21.3. The van der Waals surface area contributed by atoms with E-state index in [1.54, 1.807) is 0 Å². The van der Waals surface area contributed by atoms with E-state index in [1.807, 2.05) is 0 Å². The van der Waals surface area contributed by atoms with Crippen molar-refractivity contribution < 1.29 is 18.4 Å². The average molecular weight is 212 g/mol. The van der Waals surface area contributed by atoms with Crippen LogP contribution < -0.4 is 0 Å². The summed E-state index contributed by atoms with van der Waals surface area (Å²) in [5.74, 6) is -0.103. The van der Waals surface area contributed by atoms with Gasteiger partial charge in [-0.3, -0.25) is 9.59 Å². The quantitative estimate of drug-likeness (QED) is 0.719. The number of carbonyl (C=O) groups is 2. The van der Waals surface area contributed by atoms with Gasteiger partial charge in [0, 0.05) is 17.5 Å². The highest BCUT2D eigenvalue weighted by Gasteiger charge is 2.13. The number of ketones is 1. The van der Waals surface area contributed by atoms with Crippen molar-refractivity contribution in [1.29, 1.82) is 0 Å². The monoisotopic (exact) mass is 212 g/mol. The summed E-state index contributed by atoms with van der Waals surface area (Å²) in [5, 5.41) is 0. The number of aldehydes is 1. The molecule has 0 bridgehead atoms. The molecule has 0 radical (unpaired) electrons. The van der Waals surface area contributed by atoms with Crippen molar-refractivity contribution in [3.05, 3.63) is 34.9 Å². The number of hydrogen-bond acceptors (Lipinski definition) is 2. The lowest BCUT2D eigenvalue weighted by molar-refractivity contribution is -0.116. The Morgan fingerprint density at radius 1 is 1.47 bits per heavy atom. The molecule has 0 unspecified atom stereocenters. The van der Waals surface area contributed by atoms with Gasteiger partial charge in [0.25, 0.3) is 6.43 Å². The van der Waals surface area contributed by atoms with Gasteiger partial charge in [-0.15, -0.1) is 0 Å². The molecule has 0 fully saturated rings. The zero-order valence-corrected chi connectivity index (χ0v) is 8.17. The molecule has 1 rings (SSSR count). The normalized spacial score (nSPS) is 10.4. The number of rotatable bonds is 4. The summed E-state index contributed by atoms with van der Waals surface area (Å²) >= 11 is 0. The minimum atomic E-state index is -2.70. The molecule has 15 heavy (non-hydrogen) atoms. The van der Waals surface area contributed by atoms with Crippen molar-refractivity contribution >= 4 is 12.1 Å². The molecule has 0 N–H and O–H groups in total. The minimum Gasteiger partial charge on any atom is -0.300 e. The molecule has 4 heteroatoms.